The minimum atomic E-state index is -0.347. The van der Waals surface area contributed by atoms with Gasteiger partial charge in [0.15, 0.2) is 0 Å². The molecule has 24 heavy (non-hydrogen) atoms. The van der Waals surface area contributed by atoms with Gasteiger partial charge in [-0.05, 0) is 32.9 Å². The first-order valence-electron chi connectivity index (χ1n) is 8.35. The third-order valence-corrected chi connectivity index (χ3v) is 4.52. The fraction of sp³-hybridized carbons (Fsp3) is 0.500. The zero-order valence-electron chi connectivity index (χ0n) is 14.4. The molecule has 0 saturated carbocycles. The molecule has 6 nitrogen and oxygen atoms in total. The molecule has 1 aliphatic heterocycles. The van der Waals surface area contributed by atoms with Gasteiger partial charge in [-0.2, -0.15) is 0 Å². The van der Waals surface area contributed by atoms with E-state index in [2.05, 4.69) is 4.98 Å². The van der Waals surface area contributed by atoms with Crippen molar-refractivity contribution in [2.24, 2.45) is 5.92 Å². The molecule has 2 heterocycles. The maximum Gasteiger partial charge on any atom is 0.311 e. The Morgan fingerprint density at radius 1 is 1.38 bits per heavy atom. The second-order valence-electron chi connectivity index (χ2n) is 6.51. The summed E-state index contributed by atoms with van der Waals surface area (Å²) in [5.74, 6) is 0.298. The van der Waals surface area contributed by atoms with E-state index in [1.807, 2.05) is 49.6 Å². The molecule has 1 saturated heterocycles. The summed E-state index contributed by atoms with van der Waals surface area (Å²) in [6.45, 7) is 7.16. The number of carbonyl (C=O) groups is 2. The Bertz CT molecular complexity index is 766. The van der Waals surface area contributed by atoms with Crippen LogP contribution in [0.25, 0.3) is 11.0 Å². The molecular formula is C18H23N3O3. The van der Waals surface area contributed by atoms with Gasteiger partial charge in [-0.3, -0.25) is 9.59 Å². The number of carbonyl (C=O) groups excluding carboxylic acids is 2. The Hall–Kier alpha value is -2.37. The van der Waals surface area contributed by atoms with E-state index in [1.165, 1.54) is 0 Å². The predicted octanol–water partition coefficient (Wildman–Crippen LogP) is 2.14. The Morgan fingerprint density at radius 3 is 2.83 bits per heavy atom. The van der Waals surface area contributed by atoms with Crippen LogP contribution in [0.5, 0.6) is 0 Å². The van der Waals surface area contributed by atoms with Gasteiger partial charge in [0.2, 0.25) is 5.91 Å². The molecule has 0 spiro atoms. The molecule has 1 aromatic carbocycles. The number of esters is 1. The molecule has 1 amide bonds. The van der Waals surface area contributed by atoms with Crippen LogP contribution >= 0.6 is 0 Å². The van der Waals surface area contributed by atoms with Crippen LogP contribution in [0.15, 0.2) is 24.3 Å². The van der Waals surface area contributed by atoms with Crippen molar-refractivity contribution in [2.75, 3.05) is 13.2 Å². The lowest BCUT2D eigenvalue weighted by molar-refractivity contribution is -0.148. The molecule has 0 radical (unpaired) electrons. The maximum absolute atomic E-state index is 12.2. The summed E-state index contributed by atoms with van der Waals surface area (Å²) in [6.07, 6.45) is 0.254. The number of nitrogens with zero attached hydrogens (tertiary/aromatic N) is 3. The molecule has 128 valence electrons. The molecule has 6 heteroatoms. The number of imidazole rings is 1. The van der Waals surface area contributed by atoms with Crippen molar-refractivity contribution < 1.29 is 14.3 Å². The van der Waals surface area contributed by atoms with Crippen LogP contribution in [-0.4, -0.2) is 45.5 Å². The van der Waals surface area contributed by atoms with Crippen molar-refractivity contribution in [3.8, 4) is 0 Å². The number of hydrogen-bond donors (Lipinski definition) is 0. The monoisotopic (exact) mass is 329 g/mol. The molecule has 0 aliphatic carbocycles. The maximum atomic E-state index is 12.2. The zero-order valence-corrected chi connectivity index (χ0v) is 14.4. The highest BCUT2D eigenvalue weighted by atomic mass is 16.5. The van der Waals surface area contributed by atoms with Crippen LogP contribution in [0.2, 0.25) is 0 Å². The first-order chi connectivity index (χ1) is 11.5. The van der Waals surface area contributed by atoms with Gasteiger partial charge in [0.05, 0.1) is 23.5 Å². The summed E-state index contributed by atoms with van der Waals surface area (Å²) >= 11 is 0. The Labute approximate surface area is 141 Å². The van der Waals surface area contributed by atoms with Gasteiger partial charge in [0, 0.05) is 19.0 Å². The first kappa shape index (κ1) is 16.5. The number of fused-ring (bicyclic) bond motifs is 1. The molecule has 0 N–H and O–H groups in total. The summed E-state index contributed by atoms with van der Waals surface area (Å²) in [5.41, 5.74) is 1.98. The van der Waals surface area contributed by atoms with Crippen LogP contribution in [0.3, 0.4) is 0 Å². The van der Waals surface area contributed by atoms with Gasteiger partial charge in [0.25, 0.3) is 0 Å². The van der Waals surface area contributed by atoms with E-state index >= 15 is 0 Å². The van der Waals surface area contributed by atoms with Gasteiger partial charge < -0.3 is 14.2 Å². The van der Waals surface area contributed by atoms with E-state index in [4.69, 9.17) is 4.74 Å². The second kappa shape index (κ2) is 6.63. The number of hydrogen-bond acceptors (Lipinski definition) is 4. The average molecular weight is 329 g/mol. The van der Waals surface area contributed by atoms with Crippen molar-refractivity contribution in [1.29, 1.82) is 0 Å². The second-order valence-corrected chi connectivity index (χ2v) is 6.51. The molecule has 2 aromatic rings. The van der Waals surface area contributed by atoms with E-state index in [0.717, 1.165) is 16.9 Å². The summed E-state index contributed by atoms with van der Waals surface area (Å²) in [5, 5.41) is 0. The highest BCUT2D eigenvalue weighted by Crippen LogP contribution is 2.21. The molecule has 0 unspecified atom stereocenters. The topological polar surface area (TPSA) is 64.4 Å². The van der Waals surface area contributed by atoms with Gasteiger partial charge in [-0.15, -0.1) is 0 Å². The molecule has 0 bridgehead atoms. The number of likely N-dealkylation sites (tertiary alicyclic amines) is 1. The van der Waals surface area contributed by atoms with Gasteiger partial charge in [-0.1, -0.05) is 12.1 Å². The molecular weight excluding hydrogens is 306 g/mol. The molecule has 1 aromatic heterocycles. The normalized spacial score (nSPS) is 17.9. The van der Waals surface area contributed by atoms with Crippen LogP contribution in [0.1, 0.15) is 26.1 Å². The molecule has 1 aliphatic rings. The van der Waals surface area contributed by atoms with E-state index < -0.39 is 0 Å². The lowest BCUT2D eigenvalue weighted by Gasteiger charge is -2.20. The van der Waals surface area contributed by atoms with Crippen molar-refractivity contribution in [1.82, 2.24) is 14.5 Å². The third kappa shape index (κ3) is 3.13. The fourth-order valence-electron chi connectivity index (χ4n) is 3.22. The minimum Gasteiger partial charge on any atom is -0.464 e. The van der Waals surface area contributed by atoms with Crippen LogP contribution < -0.4 is 0 Å². The Balaban J connectivity index is 1.57. The number of aromatic nitrogens is 2. The van der Waals surface area contributed by atoms with Crippen LogP contribution in [-0.2, 0) is 20.9 Å². The standard InChI is InChI=1S/C18H23N3O3/c1-12(2)21-11-14(10-17(21)22)18(23)24-9-8-20-13(3)19-15-6-4-5-7-16(15)20/h4-7,12,14H,8-11H2,1-3H3/t14-/m0/s1. The van der Waals surface area contributed by atoms with E-state index in [1.54, 1.807) is 4.90 Å². The van der Waals surface area contributed by atoms with Crippen molar-refractivity contribution >= 4 is 22.9 Å². The highest BCUT2D eigenvalue weighted by Gasteiger charge is 2.36. The smallest absolute Gasteiger partial charge is 0.311 e. The largest absolute Gasteiger partial charge is 0.464 e. The lowest BCUT2D eigenvalue weighted by atomic mass is 10.1. The number of aryl methyl sites for hydroxylation is 1. The summed E-state index contributed by atoms with van der Waals surface area (Å²) in [6, 6.07) is 8.02. The fourth-order valence-corrected chi connectivity index (χ4v) is 3.22. The number of rotatable bonds is 5. The van der Waals surface area contributed by atoms with Gasteiger partial charge >= 0.3 is 5.97 Å². The molecule has 1 atom stereocenters. The first-order valence-corrected chi connectivity index (χ1v) is 8.35. The molecule has 3 rings (SSSR count). The third-order valence-electron chi connectivity index (χ3n) is 4.52. The van der Waals surface area contributed by atoms with E-state index in [-0.39, 0.29) is 36.9 Å². The van der Waals surface area contributed by atoms with Crippen molar-refractivity contribution in [3.05, 3.63) is 30.1 Å². The van der Waals surface area contributed by atoms with E-state index in [0.29, 0.717) is 13.1 Å². The number of amides is 1. The van der Waals surface area contributed by atoms with E-state index in [9.17, 15) is 9.59 Å². The van der Waals surface area contributed by atoms with Gasteiger partial charge in [0.1, 0.15) is 12.4 Å². The van der Waals surface area contributed by atoms with Crippen molar-refractivity contribution in [3.63, 3.8) is 0 Å². The minimum absolute atomic E-state index is 0.0309. The average Bonchev–Trinajstić information content (AvgIpc) is 3.08. The Morgan fingerprint density at radius 2 is 2.12 bits per heavy atom. The van der Waals surface area contributed by atoms with Crippen LogP contribution in [0.4, 0.5) is 0 Å². The van der Waals surface area contributed by atoms with Crippen LogP contribution in [0, 0.1) is 12.8 Å². The predicted molar refractivity (Wildman–Crippen MR) is 90.4 cm³/mol. The lowest BCUT2D eigenvalue weighted by Crippen LogP contribution is -2.33. The zero-order chi connectivity index (χ0) is 17.3. The summed E-state index contributed by atoms with van der Waals surface area (Å²) in [7, 11) is 0. The summed E-state index contributed by atoms with van der Waals surface area (Å²) in [4.78, 5) is 30.3. The molecule has 1 fully saturated rings. The number of benzene rings is 1. The number of para-hydroxylation sites is 2. The summed E-state index contributed by atoms with van der Waals surface area (Å²) < 4.78 is 7.46. The quantitative estimate of drug-likeness (QED) is 0.789. The Kier molecular flexibility index (Phi) is 4.55. The highest BCUT2D eigenvalue weighted by molar-refractivity contribution is 5.87. The van der Waals surface area contributed by atoms with Gasteiger partial charge in [-0.25, -0.2) is 4.98 Å². The number of ether oxygens (including phenoxy) is 1. The van der Waals surface area contributed by atoms with Crippen molar-refractivity contribution in [2.45, 2.75) is 39.8 Å². The SMILES string of the molecule is Cc1nc2ccccc2n1CCOC(=O)[C@H]1CC(=O)N(C(C)C)C1.